The topological polar surface area (TPSA) is 213 Å². The first-order valence-corrected chi connectivity index (χ1v) is 46.9. The second-order valence-corrected chi connectivity index (χ2v) is 40.0. The lowest BCUT2D eigenvalue weighted by Gasteiger charge is -2.24. The summed E-state index contributed by atoms with van der Waals surface area (Å²) in [4.78, 5) is 43.5. The second-order valence-electron chi connectivity index (χ2n) is 35.8. The molecule has 19 rings (SSSR count). The molecule has 0 saturated heterocycles. The quantitative estimate of drug-likeness (QED) is 0.0812. The van der Waals surface area contributed by atoms with Crippen LogP contribution in [0.3, 0.4) is 0 Å². The number of nitrogens with zero attached hydrogens (tertiary/aromatic N) is 13. The number of halogens is 13. The summed E-state index contributed by atoms with van der Waals surface area (Å²) in [7, 11) is 2.06. The predicted molar refractivity (Wildman–Crippen MR) is 523 cm³/mol. The Bertz CT molecular complexity index is 6390. The molecule has 3 amide bonds. The van der Waals surface area contributed by atoms with Gasteiger partial charge in [-0.25, -0.2) is 27.6 Å². The number of ether oxygens (including phenoxy) is 4. The van der Waals surface area contributed by atoms with Gasteiger partial charge in [0.25, 0.3) is 0 Å². The van der Waals surface area contributed by atoms with E-state index in [1.165, 1.54) is 23.8 Å². The van der Waals surface area contributed by atoms with E-state index in [0.717, 1.165) is 127 Å². The number of nitrogens with one attached hydrogen (secondary N) is 2. The summed E-state index contributed by atoms with van der Waals surface area (Å²) in [6.07, 6.45) is 5.69. The maximum absolute atomic E-state index is 14.8. The zero-order valence-electron chi connectivity index (χ0n) is 75.1. The molecule has 0 saturated carbocycles. The Kier molecular flexibility index (Phi) is 32.4. The van der Waals surface area contributed by atoms with Gasteiger partial charge in [0.1, 0.15) is 34.3 Å². The molecule has 5 aromatic heterocycles. The summed E-state index contributed by atoms with van der Waals surface area (Å²) in [5.74, 6) is -0.390. The standard InChI is InChI=1S/C24H23ClFN3O.C23H22Cl2FN3O2.C18H14Cl2FN3.C17H19Cl2N3O2.C10H15N3O2.C7H5Cl3/c1-28-14-21-23(15-28)27-29(24(21)20-4-2-3-5-22(20)26)13-16-10-18(12-19(25)11-16)17-6-8-30-9-7-17;1-23(2,3)31-22(30)28-12-18-20(13-28)27-29(11-14-8-15(24)10-16(25)9-14)21(18)17-6-4-5-7-19(17)26;19-12-5-11(6-13(20)7-12)10-24-18(14-3-1-2-4-16(14)21)15-8-22-9-17(15)23-24;1-17(2,3)24-16(23)21-8-12-9-22(20-15(12)10-21)7-11-4-13(18)6-14(19)5-11;1-10(2,3)15-9(14)13-5-7-4-11-12-8(7)6-13;8-4-5-1-6(9)3-7(10)2-5/h2-6,10-12H,7-9,13-15H2,1H3;4-10H,11-13H2,1-3H3;1-7,22H,8-10H2;4-6,9H,7-8,10H2,1-3H3;4H,5-6H2,1-3H3,(H,11,12);1-3H,4H2. The van der Waals surface area contributed by atoms with Crippen LogP contribution < -0.4 is 5.32 Å². The molecule has 11 heterocycles. The molecule has 8 aromatic carbocycles. The number of amides is 3. The Morgan fingerprint density at radius 2 is 0.821 bits per heavy atom. The molecule has 0 atom stereocenters. The third-order valence-electron chi connectivity index (χ3n) is 21.5. The molecule has 134 heavy (non-hydrogen) atoms. The number of benzene rings is 8. The van der Waals surface area contributed by atoms with Crippen molar-refractivity contribution in [1.29, 1.82) is 0 Å². The van der Waals surface area contributed by atoms with E-state index in [1.54, 1.807) is 111 Å². The zero-order valence-corrected chi connectivity index (χ0v) is 82.7. The van der Waals surface area contributed by atoms with Crippen LogP contribution in [0.25, 0.3) is 39.3 Å². The molecule has 6 aliphatic rings. The fourth-order valence-corrected chi connectivity index (χ4v) is 18.7. The van der Waals surface area contributed by atoms with Gasteiger partial charge >= 0.3 is 18.3 Å². The molecule has 0 spiro atoms. The van der Waals surface area contributed by atoms with E-state index in [9.17, 15) is 27.6 Å². The molecule has 0 aliphatic carbocycles. The summed E-state index contributed by atoms with van der Waals surface area (Å²) in [5.41, 5.74) is 19.1. The lowest BCUT2D eigenvalue weighted by molar-refractivity contribution is 0.0229. The van der Waals surface area contributed by atoms with Crippen molar-refractivity contribution in [3.05, 3.63) is 335 Å². The third kappa shape index (κ3) is 26.4. The molecule has 22 nitrogen and oxygen atoms in total. The van der Waals surface area contributed by atoms with Gasteiger partial charge in [0.2, 0.25) is 0 Å². The maximum atomic E-state index is 14.8. The fraction of sp³-hybridized carbons (Fsp3) is 0.313. The normalized spacial score (nSPS) is 14.1. The smallest absolute Gasteiger partial charge is 0.410 e. The van der Waals surface area contributed by atoms with Gasteiger partial charge in [0.15, 0.2) is 0 Å². The van der Waals surface area contributed by atoms with Gasteiger partial charge in [-0.05, 0) is 242 Å². The van der Waals surface area contributed by atoms with Crippen LogP contribution in [-0.4, -0.2) is 124 Å². The van der Waals surface area contributed by atoms with E-state index in [0.29, 0.717) is 159 Å². The number of carbonyl (C=O) groups is 3. The van der Waals surface area contributed by atoms with Gasteiger partial charge in [-0.1, -0.05) is 147 Å². The summed E-state index contributed by atoms with van der Waals surface area (Å²) >= 11 is 59.9. The lowest BCUT2D eigenvalue weighted by Crippen LogP contribution is -2.33. The van der Waals surface area contributed by atoms with E-state index >= 15 is 0 Å². The minimum Gasteiger partial charge on any atom is -0.444 e. The van der Waals surface area contributed by atoms with Crippen molar-refractivity contribution in [3.63, 3.8) is 0 Å². The molecule has 35 heteroatoms. The molecule has 0 fully saturated rings. The van der Waals surface area contributed by atoms with Crippen LogP contribution >= 0.6 is 116 Å². The Balaban J connectivity index is 0.000000133. The van der Waals surface area contributed by atoms with Crippen LogP contribution in [0, 0.1) is 17.5 Å². The monoisotopic (exact) mass is 2020 g/mol. The highest BCUT2D eigenvalue weighted by Crippen LogP contribution is 2.40. The minimum absolute atomic E-state index is 0.227. The van der Waals surface area contributed by atoms with Gasteiger partial charge in [-0.2, -0.15) is 25.5 Å². The molecule has 0 bridgehead atoms. The SMILES string of the molecule is CC(C)(C)OC(=O)N1Cc2cn(Cc3cc(Cl)cc(Cl)c3)nc2C1.CC(C)(C)OC(=O)N1Cc2cn[nH]c2C1.CC(C)(C)OC(=O)N1Cc2nn(Cc3cc(Cl)cc(Cl)c3)c(-c3ccccc3F)c2C1.CN1Cc2nn(Cc3cc(Cl)cc(C4=CCOCC4)c3)c(-c3ccccc3F)c2C1.ClCc1cc(Cl)cc(Cl)c1.Fc1ccccc1-c1c2c(nn1Cc1cc(Cl)cc(Cl)c1)CNC2. The van der Waals surface area contributed by atoms with Crippen molar-refractivity contribution < 1.29 is 46.5 Å². The van der Waals surface area contributed by atoms with Gasteiger partial charge < -0.3 is 24.3 Å². The van der Waals surface area contributed by atoms with Crippen LogP contribution in [0.4, 0.5) is 27.6 Å². The maximum Gasteiger partial charge on any atom is 0.410 e. The van der Waals surface area contributed by atoms with Crippen molar-refractivity contribution in [1.82, 2.24) is 74.2 Å². The third-order valence-corrected chi connectivity index (χ3v) is 23.8. The molecule has 0 unspecified atom stereocenters. The number of fused-ring (bicyclic) bond motifs is 5. The van der Waals surface area contributed by atoms with E-state index in [4.69, 9.17) is 145 Å². The fourth-order valence-electron chi connectivity index (χ4n) is 16.0. The van der Waals surface area contributed by atoms with Crippen molar-refractivity contribution in [3.8, 4) is 33.8 Å². The number of hydrogen-bond donors (Lipinski definition) is 2. The highest BCUT2D eigenvalue weighted by molar-refractivity contribution is 6.36. The molecular weight excluding hydrogens is 1920 g/mol. The Hall–Kier alpha value is -10.1. The van der Waals surface area contributed by atoms with E-state index in [2.05, 4.69) is 49.8 Å². The van der Waals surface area contributed by atoms with Crippen molar-refractivity contribution >= 4 is 140 Å². The van der Waals surface area contributed by atoms with E-state index < -0.39 is 22.9 Å². The largest absolute Gasteiger partial charge is 0.444 e. The number of carbonyl (C=O) groups excluding carboxylic acids is 3. The number of rotatable bonds is 13. The Morgan fingerprint density at radius 1 is 0.425 bits per heavy atom. The van der Waals surface area contributed by atoms with Gasteiger partial charge in [0.05, 0.1) is 130 Å². The first kappa shape index (κ1) is 99.9. The van der Waals surface area contributed by atoms with Crippen LogP contribution in [0.1, 0.15) is 158 Å². The Morgan fingerprint density at radius 3 is 1.26 bits per heavy atom. The van der Waals surface area contributed by atoms with Crippen LogP contribution in [0.15, 0.2) is 182 Å². The first-order chi connectivity index (χ1) is 63.7. The van der Waals surface area contributed by atoms with Gasteiger partial charge in [-0.15, -0.1) is 11.6 Å². The zero-order chi connectivity index (χ0) is 95.8. The molecule has 6 aliphatic heterocycles. The summed E-state index contributed by atoms with van der Waals surface area (Å²) in [6, 6.07) is 47.7. The molecule has 0 radical (unpaired) electrons. The highest BCUT2D eigenvalue weighted by atomic mass is 35.5. The number of alkyl halides is 1. The number of aromatic nitrogens is 10. The highest BCUT2D eigenvalue weighted by Gasteiger charge is 2.37. The number of aromatic amines is 1. The summed E-state index contributed by atoms with van der Waals surface area (Å²) in [6.45, 7) is 25.6. The second kappa shape index (κ2) is 43.5. The summed E-state index contributed by atoms with van der Waals surface area (Å²) in [5, 5.41) is 34.2. The number of hydrogen-bond acceptors (Lipinski definition) is 14. The van der Waals surface area contributed by atoms with Crippen molar-refractivity contribution in [2.45, 2.75) is 183 Å². The first-order valence-electron chi connectivity index (χ1n) is 43.0. The lowest BCUT2D eigenvalue weighted by atomic mass is 9.99. The van der Waals surface area contributed by atoms with Crippen LogP contribution in [0.5, 0.6) is 0 Å². The van der Waals surface area contributed by atoms with Crippen LogP contribution in [0.2, 0.25) is 45.2 Å². The molecular formula is C99H98Cl10F3N15O7. The minimum atomic E-state index is -0.600. The van der Waals surface area contributed by atoms with Crippen molar-refractivity contribution in [2.24, 2.45) is 0 Å². The number of H-pyrrole nitrogens is 1. The predicted octanol–water partition coefficient (Wildman–Crippen LogP) is 26.0. The average molecular weight is 2020 g/mol. The molecule has 13 aromatic rings. The molecule has 2 N–H and O–H groups in total. The van der Waals surface area contributed by atoms with E-state index in [1.807, 2.05) is 137 Å². The van der Waals surface area contributed by atoms with E-state index in [-0.39, 0.29) is 29.6 Å². The molecule has 702 valence electrons. The summed E-state index contributed by atoms with van der Waals surface area (Å²) < 4.78 is 72.8. The Labute approximate surface area is 825 Å². The van der Waals surface area contributed by atoms with Crippen LogP contribution in [-0.2, 0) is 116 Å². The van der Waals surface area contributed by atoms with Crippen molar-refractivity contribution in [2.75, 3.05) is 20.3 Å². The van der Waals surface area contributed by atoms with Gasteiger partial charge in [-0.3, -0.25) is 43.4 Å². The average Bonchev–Trinajstić information content (AvgIpc) is 1.63. The van der Waals surface area contributed by atoms with Gasteiger partial charge in [0, 0.05) is 128 Å².